The first-order chi connectivity index (χ1) is 7.93. The number of hydrogen-bond acceptors (Lipinski definition) is 4. The molecule has 0 aliphatic rings. The lowest BCUT2D eigenvalue weighted by molar-refractivity contribution is -0.123. The zero-order chi connectivity index (χ0) is 13.0. The van der Waals surface area contributed by atoms with E-state index in [2.05, 4.69) is 15.3 Å². The van der Waals surface area contributed by atoms with E-state index in [9.17, 15) is 4.79 Å². The Hall–Kier alpha value is -1.36. The molecule has 5 nitrogen and oxygen atoms in total. The van der Waals surface area contributed by atoms with Crippen LogP contribution in [0.15, 0.2) is 6.07 Å². The van der Waals surface area contributed by atoms with Crippen molar-refractivity contribution in [1.29, 1.82) is 0 Å². The Balaban J connectivity index is 2.75. The van der Waals surface area contributed by atoms with Crippen LogP contribution in [0.1, 0.15) is 12.7 Å². The molecule has 1 aromatic heterocycles. The topological polar surface area (TPSA) is 58.1 Å². The van der Waals surface area contributed by atoms with Gasteiger partial charge in [0.2, 0.25) is 5.91 Å². The van der Waals surface area contributed by atoms with Crippen LogP contribution in [-0.4, -0.2) is 36.5 Å². The van der Waals surface area contributed by atoms with Crippen LogP contribution in [-0.2, 0) is 4.79 Å². The molecule has 0 spiro atoms. The summed E-state index contributed by atoms with van der Waals surface area (Å²) in [7, 11) is 3.50. The Morgan fingerprint density at radius 1 is 1.59 bits per heavy atom. The molecular formula is C11H17ClN4O. The molecule has 17 heavy (non-hydrogen) atoms. The second-order valence-electron chi connectivity index (χ2n) is 3.99. The van der Waals surface area contributed by atoms with E-state index in [0.717, 1.165) is 5.82 Å². The number of aryl methyl sites for hydroxylation is 1. The zero-order valence-corrected chi connectivity index (χ0v) is 11.2. The van der Waals surface area contributed by atoms with Gasteiger partial charge in [0.1, 0.15) is 16.8 Å². The van der Waals surface area contributed by atoms with E-state index < -0.39 is 0 Å². The molecule has 1 atom stereocenters. The van der Waals surface area contributed by atoms with Crippen molar-refractivity contribution in [2.45, 2.75) is 13.8 Å². The monoisotopic (exact) mass is 256 g/mol. The average Bonchev–Trinajstić information content (AvgIpc) is 2.26. The quantitative estimate of drug-likeness (QED) is 0.824. The van der Waals surface area contributed by atoms with Crippen LogP contribution in [0, 0.1) is 12.8 Å². The van der Waals surface area contributed by atoms with E-state index in [0.29, 0.717) is 17.5 Å². The lowest BCUT2D eigenvalue weighted by Gasteiger charge is -2.21. The third-order valence-corrected chi connectivity index (χ3v) is 2.62. The summed E-state index contributed by atoms with van der Waals surface area (Å²) < 4.78 is 0. The number of halogens is 1. The van der Waals surface area contributed by atoms with E-state index in [1.54, 1.807) is 20.0 Å². The van der Waals surface area contributed by atoms with Crippen molar-refractivity contribution in [3.8, 4) is 0 Å². The predicted octanol–water partition coefficient (Wildman–Crippen LogP) is 1.26. The van der Waals surface area contributed by atoms with Crippen molar-refractivity contribution in [2.75, 3.05) is 25.5 Å². The van der Waals surface area contributed by atoms with Crippen molar-refractivity contribution in [3.63, 3.8) is 0 Å². The van der Waals surface area contributed by atoms with Crippen molar-refractivity contribution in [1.82, 2.24) is 15.3 Å². The van der Waals surface area contributed by atoms with Crippen LogP contribution >= 0.6 is 11.6 Å². The van der Waals surface area contributed by atoms with Gasteiger partial charge >= 0.3 is 0 Å². The number of nitrogens with one attached hydrogen (secondary N) is 1. The van der Waals surface area contributed by atoms with Crippen molar-refractivity contribution in [3.05, 3.63) is 17.0 Å². The minimum Gasteiger partial charge on any atom is -0.359 e. The second-order valence-corrected chi connectivity index (χ2v) is 4.38. The molecule has 0 fully saturated rings. The van der Waals surface area contributed by atoms with Gasteiger partial charge in [0.05, 0.1) is 5.92 Å². The lowest BCUT2D eigenvalue weighted by atomic mass is 10.1. The molecule has 1 rings (SSSR count). The molecule has 1 heterocycles. The van der Waals surface area contributed by atoms with Gasteiger partial charge in [-0.05, 0) is 6.92 Å². The van der Waals surface area contributed by atoms with Gasteiger partial charge in [0, 0.05) is 26.7 Å². The van der Waals surface area contributed by atoms with Crippen molar-refractivity contribution in [2.24, 2.45) is 5.92 Å². The number of aromatic nitrogens is 2. The molecule has 0 aromatic carbocycles. The molecule has 0 aliphatic carbocycles. The summed E-state index contributed by atoms with van der Waals surface area (Å²) in [4.78, 5) is 21.6. The summed E-state index contributed by atoms with van der Waals surface area (Å²) in [5.74, 6) is 1.23. The first-order valence-corrected chi connectivity index (χ1v) is 5.75. The molecule has 1 aromatic rings. The molecule has 0 saturated carbocycles. The maximum Gasteiger partial charge on any atom is 0.224 e. The summed E-state index contributed by atoms with van der Waals surface area (Å²) in [6, 6.07) is 1.69. The normalized spacial score (nSPS) is 12.1. The number of nitrogens with zero attached hydrogens (tertiary/aromatic N) is 3. The van der Waals surface area contributed by atoms with Gasteiger partial charge in [-0.3, -0.25) is 4.79 Å². The Kier molecular flexibility index (Phi) is 4.69. The fourth-order valence-corrected chi connectivity index (χ4v) is 1.77. The summed E-state index contributed by atoms with van der Waals surface area (Å²) >= 11 is 5.86. The number of carbonyl (C=O) groups is 1. The van der Waals surface area contributed by atoms with Gasteiger partial charge in [0.15, 0.2) is 0 Å². The zero-order valence-electron chi connectivity index (χ0n) is 10.5. The second kappa shape index (κ2) is 5.82. The highest BCUT2D eigenvalue weighted by atomic mass is 35.5. The predicted molar refractivity (Wildman–Crippen MR) is 68.3 cm³/mol. The maximum absolute atomic E-state index is 11.4. The SMILES string of the molecule is CNC(=O)C(C)CN(C)c1cc(Cl)nc(C)n1. The molecule has 0 saturated heterocycles. The number of carbonyl (C=O) groups excluding carboxylic acids is 1. The van der Waals surface area contributed by atoms with Crippen LogP contribution in [0.3, 0.4) is 0 Å². The number of anilines is 1. The molecular weight excluding hydrogens is 240 g/mol. The molecule has 0 radical (unpaired) electrons. The highest BCUT2D eigenvalue weighted by molar-refractivity contribution is 6.29. The smallest absolute Gasteiger partial charge is 0.224 e. The van der Waals surface area contributed by atoms with E-state index in [1.165, 1.54) is 0 Å². The van der Waals surface area contributed by atoms with Crippen LogP contribution in [0.5, 0.6) is 0 Å². The van der Waals surface area contributed by atoms with Crippen LogP contribution in [0.4, 0.5) is 5.82 Å². The minimum atomic E-state index is -0.112. The highest BCUT2D eigenvalue weighted by Crippen LogP contribution is 2.15. The van der Waals surface area contributed by atoms with Gasteiger partial charge < -0.3 is 10.2 Å². The molecule has 94 valence electrons. The maximum atomic E-state index is 11.4. The summed E-state index contributed by atoms with van der Waals surface area (Å²) in [6.07, 6.45) is 0. The molecule has 0 bridgehead atoms. The highest BCUT2D eigenvalue weighted by Gasteiger charge is 2.15. The Bertz CT molecular complexity index is 390. The molecule has 1 unspecified atom stereocenters. The molecule has 1 amide bonds. The number of hydrogen-bond donors (Lipinski definition) is 1. The molecule has 0 aliphatic heterocycles. The first-order valence-electron chi connectivity index (χ1n) is 5.38. The van der Waals surface area contributed by atoms with E-state index in [-0.39, 0.29) is 11.8 Å². The summed E-state index contributed by atoms with van der Waals surface area (Å²) in [5.41, 5.74) is 0. The minimum absolute atomic E-state index is 0.00808. The average molecular weight is 257 g/mol. The molecule has 1 N–H and O–H groups in total. The van der Waals surface area contributed by atoms with Gasteiger partial charge in [-0.2, -0.15) is 0 Å². The Labute approximate surface area is 106 Å². The van der Waals surface area contributed by atoms with Gasteiger partial charge in [-0.1, -0.05) is 18.5 Å². The Morgan fingerprint density at radius 3 is 2.76 bits per heavy atom. The third-order valence-electron chi connectivity index (χ3n) is 2.43. The van der Waals surface area contributed by atoms with Crippen LogP contribution < -0.4 is 10.2 Å². The van der Waals surface area contributed by atoms with Gasteiger partial charge in [-0.25, -0.2) is 9.97 Å². The van der Waals surface area contributed by atoms with E-state index in [1.807, 2.05) is 18.9 Å². The van der Waals surface area contributed by atoms with Crippen molar-refractivity contribution >= 4 is 23.3 Å². The Morgan fingerprint density at radius 2 is 2.24 bits per heavy atom. The summed E-state index contributed by atoms with van der Waals surface area (Å²) in [6.45, 7) is 4.23. The van der Waals surface area contributed by atoms with Crippen LogP contribution in [0.2, 0.25) is 5.15 Å². The fraction of sp³-hybridized carbons (Fsp3) is 0.545. The number of rotatable bonds is 4. The largest absolute Gasteiger partial charge is 0.359 e. The van der Waals surface area contributed by atoms with E-state index >= 15 is 0 Å². The first kappa shape index (κ1) is 13.7. The fourth-order valence-electron chi connectivity index (χ4n) is 1.55. The van der Waals surface area contributed by atoms with Gasteiger partial charge in [0.25, 0.3) is 0 Å². The standard InChI is InChI=1S/C11H17ClN4O/c1-7(11(17)13-3)6-16(4)10-5-9(12)14-8(2)15-10/h5,7H,6H2,1-4H3,(H,13,17). The third kappa shape index (κ3) is 3.85. The summed E-state index contributed by atoms with van der Waals surface area (Å²) in [5, 5.41) is 3.03. The van der Waals surface area contributed by atoms with E-state index in [4.69, 9.17) is 11.6 Å². The van der Waals surface area contributed by atoms with Gasteiger partial charge in [-0.15, -0.1) is 0 Å². The number of amides is 1. The van der Waals surface area contributed by atoms with Crippen LogP contribution in [0.25, 0.3) is 0 Å². The lowest BCUT2D eigenvalue weighted by Crippen LogP contribution is -2.34. The van der Waals surface area contributed by atoms with Crippen molar-refractivity contribution < 1.29 is 4.79 Å². The molecule has 6 heteroatoms.